The summed E-state index contributed by atoms with van der Waals surface area (Å²) in [4.78, 5) is 4.31. The molecule has 0 amide bonds. The van der Waals surface area contributed by atoms with Gasteiger partial charge < -0.3 is 4.57 Å². The second-order valence-electron chi connectivity index (χ2n) is 4.62. The lowest BCUT2D eigenvalue weighted by Crippen LogP contribution is -2.16. The number of aryl methyl sites for hydroxylation is 1. The van der Waals surface area contributed by atoms with E-state index in [0.29, 0.717) is 0 Å². The van der Waals surface area contributed by atoms with E-state index in [2.05, 4.69) is 22.7 Å². The summed E-state index contributed by atoms with van der Waals surface area (Å²) in [6.45, 7) is 2.12. The van der Waals surface area contributed by atoms with Gasteiger partial charge in [-0.05, 0) is 38.0 Å². The number of hydrogen-bond donors (Lipinski definition) is 0. The zero-order chi connectivity index (χ0) is 8.84. The number of fused-ring (bicyclic) bond motifs is 2. The zero-order valence-electron chi connectivity index (χ0n) is 8.11. The van der Waals surface area contributed by atoms with Crippen LogP contribution >= 0.6 is 0 Å². The van der Waals surface area contributed by atoms with E-state index in [0.717, 1.165) is 17.9 Å². The van der Waals surface area contributed by atoms with Gasteiger partial charge in [0.15, 0.2) is 0 Å². The normalized spacial score (nSPS) is 37.2. The van der Waals surface area contributed by atoms with Crippen molar-refractivity contribution in [1.29, 1.82) is 0 Å². The van der Waals surface area contributed by atoms with Gasteiger partial charge in [-0.15, -0.1) is 0 Å². The molecule has 13 heavy (non-hydrogen) atoms. The molecule has 0 saturated heterocycles. The van der Waals surface area contributed by atoms with Crippen LogP contribution in [0.1, 0.15) is 37.5 Å². The Morgan fingerprint density at radius 3 is 2.85 bits per heavy atom. The van der Waals surface area contributed by atoms with Crippen LogP contribution in [0.15, 0.2) is 12.4 Å². The van der Waals surface area contributed by atoms with Crippen molar-refractivity contribution >= 4 is 0 Å². The molecule has 0 aliphatic heterocycles. The summed E-state index contributed by atoms with van der Waals surface area (Å²) in [5.74, 6) is 3.17. The molecule has 0 N–H and O–H groups in total. The van der Waals surface area contributed by atoms with Gasteiger partial charge in [0, 0.05) is 18.4 Å². The van der Waals surface area contributed by atoms with Crippen molar-refractivity contribution in [2.45, 2.75) is 38.6 Å². The Hall–Kier alpha value is -0.790. The van der Waals surface area contributed by atoms with Crippen molar-refractivity contribution in [3.8, 4) is 0 Å². The van der Waals surface area contributed by atoms with Gasteiger partial charge in [-0.25, -0.2) is 4.98 Å². The molecule has 3 unspecified atom stereocenters. The third-order valence-corrected chi connectivity index (χ3v) is 3.92. The Balaban J connectivity index is 1.91. The first-order valence-electron chi connectivity index (χ1n) is 5.34. The maximum absolute atomic E-state index is 4.31. The summed E-state index contributed by atoms with van der Waals surface area (Å²) in [5.41, 5.74) is 0. The van der Waals surface area contributed by atoms with E-state index in [1.165, 1.54) is 31.5 Å². The summed E-state index contributed by atoms with van der Waals surface area (Å²) in [7, 11) is 0. The van der Waals surface area contributed by atoms with E-state index in [-0.39, 0.29) is 0 Å². The highest BCUT2D eigenvalue weighted by molar-refractivity contribution is 5.00. The van der Waals surface area contributed by atoms with E-state index < -0.39 is 0 Å². The Bertz CT molecular complexity index is 316. The molecule has 0 aromatic carbocycles. The molecule has 2 fully saturated rings. The Morgan fingerprint density at radius 1 is 1.38 bits per heavy atom. The van der Waals surface area contributed by atoms with Crippen molar-refractivity contribution in [1.82, 2.24) is 9.55 Å². The zero-order valence-corrected chi connectivity index (χ0v) is 8.11. The van der Waals surface area contributed by atoms with Crippen molar-refractivity contribution in [2.24, 2.45) is 11.8 Å². The van der Waals surface area contributed by atoms with E-state index in [1.807, 2.05) is 6.20 Å². The molecule has 0 radical (unpaired) electrons. The van der Waals surface area contributed by atoms with E-state index in [9.17, 15) is 0 Å². The first-order chi connectivity index (χ1) is 6.34. The number of aromatic nitrogens is 2. The minimum absolute atomic E-state index is 0.779. The number of hydrogen-bond acceptors (Lipinski definition) is 1. The molecule has 1 heterocycles. The monoisotopic (exact) mass is 176 g/mol. The fourth-order valence-electron chi connectivity index (χ4n) is 3.29. The predicted molar refractivity (Wildman–Crippen MR) is 51.4 cm³/mol. The van der Waals surface area contributed by atoms with Crippen LogP contribution in [0.2, 0.25) is 0 Å². The summed E-state index contributed by atoms with van der Waals surface area (Å²) in [6, 6.07) is 0.779. The molecular weight excluding hydrogens is 160 g/mol. The molecule has 1 aromatic rings. The molecule has 3 rings (SSSR count). The third-order valence-electron chi connectivity index (χ3n) is 3.92. The minimum Gasteiger partial charge on any atom is -0.332 e. The van der Waals surface area contributed by atoms with Crippen LogP contribution in [-0.2, 0) is 0 Å². The number of nitrogens with zero attached hydrogens (tertiary/aromatic N) is 2. The highest BCUT2D eigenvalue weighted by Crippen LogP contribution is 2.50. The molecule has 2 aliphatic rings. The lowest BCUT2D eigenvalue weighted by molar-refractivity contribution is 0.325. The van der Waals surface area contributed by atoms with Crippen molar-refractivity contribution in [3.63, 3.8) is 0 Å². The van der Waals surface area contributed by atoms with Gasteiger partial charge in [-0.3, -0.25) is 0 Å². The van der Waals surface area contributed by atoms with Crippen LogP contribution in [0.4, 0.5) is 0 Å². The first kappa shape index (κ1) is 7.60. The van der Waals surface area contributed by atoms with Crippen molar-refractivity contribution in [3.05, 3.63) is 18.2 Å². The maximum atomic E-state index is 4.31. The van der Waals surface area contributed by atoms with Gasteiger partial charge in [-0.1, -0.05) is 6.42 Å². The largest absolute Gasteiger partial charge is 0.332 e. The second-order valence-corrected chi connectivity index (χ2v) is 4.62. The quantitative estimate of drug-likeness (QED) is 0.643. The van der Waals surface area contributed by atoms with Gasteiger partial charge >= 0.3 is 0 Å². The summed E-state index contributed by atoms with van der Waals surface area (Å²) >= 11 is 0. The number of rotatable bonds is 1. The Labute approximate surface area is 79.0 Å². The van der Waals surface area contributed by atoms with Gasteiger partial charge in [0.2, 0.25) is 0 Å². The second kappa shape index (κ2) is 2.60. The Kier molecular flexibility index (Phi) is 1.52. The standard InChI is InChI=1S/C11H16N2/c1-8-12-4-5-13(8)11-7-9-2-3-10(11)6-9/h4-5,9-11H,2-3,6-7H2,1H3. The van der Waals surface area contributed by atoms with E-state index >= 15 is 0 Å². The van der Waals surface area contributed by atoms with Gasteiger partial charge in [0.25, 0.3) is 0 Å². The molecule has 0 spiro atoms. The van der Waals surface area contributed by atoms with Gasteiger partial charge in [0.05, 0.1) is 0 Å². The fraction of sp³-hybridized carbons (Fsp3) is 0.727. The predicted octanol–water partition coefficient (Wildman–Crippen LogP) is 2.55. The Morgan fingerprint density at radius 2 is 2.31 bits per heavy atom. The SMILES string of the molecule is Cc1nccn1C1CC2CCC1C2. The average molecular weight is 176 g/mol. The molecule has 2 saturated carbocycles. The molecule has 1 aromatic heterocycles. The first-order valence-corrected chi connectivity index (χ1v) is 5.34. The smallest absolute Gasteiger partial charge is 0.105 e. The van der Waals surface area contributed by atoms with E-state index in [1.54, 1.807) is 0 Å². The average Bonchev–Trinajstić information content (AvgIpc) is 2.77. The lowest BCUT2D eigenvalue weighted by atomic mass is 9.95. The molecular formula is C11H16N2. The molecule has 3 atom stereocenters. The van der Waals surface area contributed by atoms with Crippen LogP contribution in [-0.4, -0.2) is 9.55 Å². The molecule has 2 bridgehead atoms. The highest BCUT2D eigenvalue weighted by atomic mass is 15.1. The molecule has 70 valence electrons. The van der Waals surface area contributed by atoms with Crippen molar-refractivity contribution < 1.29 is 0 Å². The minimum atomic E-state index is 0.779. The highest BCUT2D eigenvalue weighted by Gasteiger charge is 2.40. The van der Waals surface area contributed by atoms with Crippen LogP contribution in [0.25, 0.3) is 0 Å². The van der Waals surface area contributed by atoms with Crippen LogP contribution in [0.5, 0.6) is 0 Å². The molecule has 2 nitrogen and oxygen atoms in total. The summed E-state index contributed by atoms with van der Waals surface area (Å²) in [5, 5.41) is 0. The topological polar surface area (TPSA) is 17.8 Å². The van der Waals surface area contributed by atoms with Crippen LogP contribution in [0.3, 0.4) is 0 Å². The van der Waals surface area contributed by atoms with Crippen LogP contribution in [0, 0.1) is 18.8 Å². The fourth-order valence-corrected chi connectivity index (χ4v) is 3.29. The maximum Gasteiger partial charge on any atom is 0.105 e. The van der Waals surface area contributed by atoms with Crippen molar-refractivity contribution in [2.75, 3.05) is 0 Å². The van der Waals surface area contributed by atoms with Crippen LogP contribution < -0.4 is 0 Å². The third kappa shape index (κ3) is 1.04. The number of imidazole rings is 1. The van der Waals surface area contributed by atoms with Gasteiger partial charge in [0.1, 0.15) is 5.82 Å². The van der Waals surface area contributed by atoms with Gasteiger partial charge in [-0.2, -0.15) is 0 Å². The van der Waals surface area contributed by atoms with E-state index in [4.69, 9.17) is 0 Å². The molecule has 2 heteroatoms. The lowest BCUT2D eigenvalue weighted by Gasteiger charge is -2.24. The molecule has 2 aliphatic carbocycles. The summed E-state index contributed by atoms with van der Waals surface area (Å²) < 4.78 is 2.39. The summed E-state index contributed by atoms with van der Waals surface area (Å²) in [6.07, 6.45) is 9.90.